The molecule has 0 bridgehead atoms. The van der Waals surface area contributed by atoms with Gasteiger partial charge in [0, 0.05) is 23.9 Å². The summed E-state index contributed by atoms with van der Waals surface area (Å²) in [7, 11) is 0. The summed E-state index contributed by atoms with van der Waals surface area (Å²) in [5, 5.41) is -0.324. The van der Waals surface area contributed by atoms with E-state index < -0.39 is 46.4 Å². The molecule has 2 aliphatic rings. The van der Waals surface area contributed by atoms with Crippen LogP contribution in [-0.2, 0) is 0 Å². The molecule has 0 spiro atoms. The molecule has 0 radical (unpaired) electrons. The Morgan fingerprint density at radius 1 is 0.750 bits per heavy atom. The Morgan fingerprint density at radius 2 is 1.21 bits per heavy atom. The number of rotatable bonds is 4. The van der Waals surface area contributed by atoms with Gasteiger partial charge in [-0.25, -0.2) is 8.78 Å². The maximum atomic E-state index is 14.9. The molecule has 4 amide bonds. The summed E-state index contributed by atoms with van der Waals surface area (Å²) in [6.45, 7) is 3.46. The van der Waals surface area contributed by atoms with Gasteiger partial charge in [-0.05, 0) is 25.5 Å². The average molecular weight is 386 g/mol. The molecule has 0 N–H and O–H groups in total. The number of benzene rings is 2. The third-order valence-electron chi connectivity index (χ3n) is 5.23. The number of nitrogens with zero attached hydrogens (tertiary/aromatic N) is 2. The van der Waals surface area contributed by atoms with Gasteiger partial charge in [-0.3, -0.25) is 29.0 Å². The predicted molar refractivity (Wildman–Crippen MR) is 95.2 cm³/mol. The molecular formula is C20H16F2N2O4. The van der Waals surface area contributed by atoms with Gasteiger partial charge in [-0.15, -0.1) is 0 Å². The lowest BCUT2D eigenvalue weighted by molar-refractivity contribution is 0.0586. The Kier molecular flexibility index (Phi) is 4.02. The van der Waals surface area contributed by atoms with E-state index in [1.807, 2.05) is 6.92 Å². The zero-order valence-corrected chi connectivity index (χ0v) is 15.3. The van der Waals surface area contributed by atoms with Gasteiger partial charge in [-0.2, -0.15) is 0 Å². The molecule has 2 heterocycles. The molecule has 144 valence electrons. The normalized spacial score (nSPS) is 15.9. The Bertz CT molecular complexity index is 1110. The molecule has 0 aromatic heterocycles. The van der Waals surface area contributed by atoms with Gasteiger partial charge in [0.1, 0.15) is 11.6 Å². The van der Waals surface area contributed by atoms with Crippen LogP contribution >= 0.6 is 0 Å². The summed E-state index contributed by atoms with van der Waals surface area (Å²) in [5.74, 6) is -5.20. The fraction of sp³-hybridized carbons (Fsp3) is 0.300. The standard InChI is InChI=1S/C20H16F2N2O4/c1-3-5-6-24-18(26)10-8-11(21)15-13-9(17(25)23(4-2)19(15)27)7-12(22)16(14(10)13)20(24)28/h7-8H,3-6H2,1-2H3. The first-order chi connectivity index (χ1) is 13.3. The first-order valence-corrected chi connectivity index (χ1v) is 9.04. The zero-order chi connectivity index (χ0) is 20.3. The molecule has 0 fully saturated rings. The number of hydrogen-bond donors (Lipinski definition) is 0. The van der Waals surface area contributed by atoms with Crippen molar-refractivity contribution in [1.82, 2.24) is 9.80 Å². The van der Waals surface area contributed by atoms with Crippen molar-refractivity contribution in [2.45, 2.75) is 26.7 Å². The number of amides is 4. The monoisotopic (exact) mass is 386 g/mol. The predicted octanol–water partition coefficient (Wildman–Crippen LogP) is 3.13. The molecule has 0 atom stereocenters. The quantitative estimate of drug-likeness (QED) is 0.757. The van der Waals surface area contributed by atoms with Gasteiger partial charge in [0.25, 0.3) is 23.6 Å². The fourth-order valence-electron chi connectivity index (χ4n) is 3.88. The second-order valence-electron chi connectivity index (χ2n) is 6.78. The van der Waals surface area contributed by atoms with Crippen LogP contribution in [0.4, 0.5) is 8.78 Å². The van der Waals surface area contributed by atoms with Crippen molar-refractivity contribution in [3.8, 4) is 0 Å². The van der Waals surface area contributed by atoms with Crippen molar-refractivity contribution in [2.24, 2.45) is 0 Å². The van der Waals surface area contributed by atoms with Crippen molar-refractivity contribution in [3.05, 3.63) is 46.0 Å². The van der Waals surface area contributed by atoms with Crippen LogP contribution in [-0.4, -0.2) is 46.5 Å². The second kappa shape index (κ2) is 6.19. The Labute approximate surface area is 158 Å². The Hall–Kier alpha value is -3.16. The van der Waals surface area contributed by atoms with E-state index >= 15 is 0 Å². The lowest BCUT2D eigenvalue weighted by Crippen LogP contribution is -2.44. The molecule has 2 aromatic rings. The Morgan fingerprint density at radius 3 is 1.68 bits per heavy atom. The lowest BCUT2D eigenvalue weighted by atomic mass is 9.85. The van der Waals surface area contributed by atoms with Crippen LogP contribution in [0.25, 0.3) is 10.8 Å². The molecule has 2 aromatic carbocycles. The molecule has 0 aliphatic carbocycles. The molecule has 0 saturated carbocycles. The van der Waals surface area contributed by atoms with Crippen LogP contribution in [0.3, 0.4) is 0 Å². The van der Waals surface area contributed by atoms with Crippen LogP contribution in [0.2, 0.25) is 0 Å². The third kappa shape index (κ3) is 2.17. The lowest BCUT2D eigenvalue weighted by Gasteiger charge is -2.32. The van der Waals surface area contributed by atoms with E-state index in [1.165, 1.54) is 6.92 Å². The smallest absolute Gasteiger partial charge is 0.264 e. The maximum absolute atomic E-state index is 14.9. The van der Waals surface area contributed by atoms with E-state index in [0.29, 0.717) is 12.8 Å². The molecule has 6 nitrogen and oxygen atoms in total. The summed E-state index contributed by atoms with van der Waals surface area (Å²) in [5.41, 5.74) is -1.26. The van der Waals surface area contributed by atoms with Crippen molar-refractivity contribution in [1.29, 1.82) is 0 Å². The van der Waals surface area contributed by atoms with Crippen LogP contribution in [0.1, 0.15) is 68.1 Å². The summed E-state index contributed by atoms with van der Waals surface area (Å²) in [6, 6.07) is 1.72. The number of unbranched alkanes of at least 4 members (excludes halogenated alkanes) is 1. The topological polar surface area (TPSA) is 74.8 Å². The number of imide groups is 2. The molecule has 2 aliphatic heterocycles. The molecular weight excluding hydrogens is 370 g/mol. The van der Waals surface area contributed by atoms with Crippen molar-refractivity contribution in [2.75, 3.05) is 13.1 Å². The maximum Gasteiger partial charge on any atom is 0.264 e. The number of halogens is 2. The van der Waals surface area contributed by atoms with Gasteiger partial charge in [-0.1, -0.05) is 13.3 Å². The van der Waals surface area contributed by atoms with Crippen molar-refractivity contribution < 1.29 is 28.0 Å². The van der Waals surface area contributed by atoms with E-state index in [1.54, 1.807) is 0 Å². The summed E-state index contributed by atoms with van der Waals surface area (Å²) < 4.78 is 29.8. The highest BCUT2D eigenvalue weighted by Gasteiger charge is 2.42. The molecule has 28 heavy (non-hydrogen) atoms. The highest BCUT2D eigenvalue weighted by atomic mass is 19.1. The van der Waals surface area contributed by atoms with Crippen molar-refractivity contribution in [3.63, 3.8) is 0 Å². The number of carbonyl (C=O) groups excluding carboxylic acids is 4. The highest BCUT2D eigenvalue weighted by molar-refractivity contribution is 6.33. The SMILES string of the molecule is CCCCN1C(=O)c2cc(F)c3c4c(cc(F)c(c24)C1=O)C(=O)N(CC)C3=O. The second-order valence-corrected chi connectivity index (χ2v) is 6.78. The summed E-state index contributed by atoms with van der Waals surface area (Å²) in [6.07, 6.45) is 1.21. The minimum Gasteiger partial charge on any atom is -0.275 e. The van der Waals surface area contributed by atoms with Gasteiger partial charge >= 0.3 is 0 Å². The molecule has 4 rings (SSSR count). The van der Waals surface area contributed by atoms with Gasteiger partial charge in [0.15, 0.2) is 0 Å². The highest BCUT2D eigenvalue weighted by Crippen LogP contribution is 2.40. The van der Waals surface area contributed by atoms with Crippen molar-refractivity contribution >= 4 is 34.4 Å². The van der Waals surface area contributed by atoms with Crippen LogP contribution in [0.15, 0.2) is 12.1 Å². The largest absolute Gasteiger partial charge is 0.275 e. The van der Waals surface area contributed by atoms with Crippen LogP contribution < -0.4 is 0 Å². The third-order valence-corrected chi connectivity index (χ3v) is 5.23. The van der Waals surface area contributed by atoms with Gasteiger partial charge < -0.3 is 0 Å². The van der Waals surface area contributed by atoms with Gasteiger partial charge in [0.2, 0.25) is 0 Å². The van der Waals surface area contributed by atoms with E-state index in [4.69, 9.17) is 0 Å². The first-order valence-electron chi connectivity index (χ1n) is 9.04. The molecule has 0 saturated heterocycles. The van der Waals surface area contributed by atoms with E-state index in [-0.39, 0.29) is 35.0 Å². The van der Waals surface area contributed by atoms with Crippen LogP contribution in [0.5, 0.6) is 0 Å². The van der Waals surface area contributed by atoms with Gasteiger partial charge in [0.05, 0.1) is 22.3 Å². The van der Waals surface area contributed by atoms with E-state index in [9.17, 15) is 28.0 Å². The van der Waals surface area contributed by atoms with E-state index in [0.717, 1.165) is 21.9 Å². The van der Waals surface area contributed by atoms with E-state index in [2.05, 4.69) is 0 Å². The fourth-order valence-corrected chi connectivity index (χ4v) is 3.88. The molecule has 8 heteroatoms. The minimum atomic E-state index is -0.976. The Balaban J connectivity index is 2.11. The number of carbonyl (C=O) groups is 4. The summed E-state index contributed by atoms with van der Waals surface area (Å²) >= 11 is 0. The first kappa shape index (κ1) is 18.2. The average Bonchev–Trinajstić information content (AvgIpc) is 2.65. The molecule has 0 unspecified atom stereocenters. The zero-order valence-electron chi connectivity index (χ0n) is 15.3. The number of hydrogen-bond acceptors (Lipinski definition) is 4. The summed E-state index contributed by atoms with van der Waals surface area (Å²) in [4.78, 5) is 52.6. The van der Waals surface area contributed by atoms with Crippen LogP contribution in [0, 0.1) is 11.6 Å². The minimum absolute atomic E-state index is 0.0220.